The zero-order valence-electron chi connectivity index (χ0n) is 11.0. The molecule has 1 atom stereocenters. The van der Waals surface area contributed by atoms with E-state index in [0.717, 1.165) is 6.54 Å². The molecule has 0 radical (unpaired) electrons. The Labute approximate surface area is 107 Å². The number of hydrogen-bond acceptors (Lipinski definition) is 4. The van der Waals surface area contributed by atoms with Gasteiger partial charge in [0.1, 0.15) is 11.5 Å². The SMILES string of the molecule is CNCC(C)CNC(=O)c1ccc(OC)cc1O. The monoisotopic (exact) mass is 252 g/mol. The highest BCUT2D eigenvalue weighted by molar-refractivity contribution is 5.96. The minimum absolute atomic E-state index is 0.0758. The average molecular weight is 252 g/mol. The first kappa shape index (κ1) is 14.3. The summed E-state index contributed by atoms with van der Waals surface area (Å²) in [6, 6.07) is 4.61. The summed E-state index contributed by atoms with van der Waals surface area (Å²) in [6.07, 6.45) is 0. The number of phenolic OH excluding ortho intramolecular Hbond substituents is 1. The van der Waals surface area contributed by atoms with Crippen LogP contribution in [-0.2, 0) is 0 Å². The van der Waals surface area contributed by atoms with E-state index in [1.54, 1.807) is 12.1 Å². The minimum atomic E-state index is -0.280. The van der Waals surface area contributed by atoms with Gasteiger partial charge in [-0.15, -0.1) is 0 Å². The molecule has 1 amide bonds. The fraction of sp³-hybridized carbons (Fsp3) is 0.462. The maximum Gasteiger partial charge on any atom is 0.255 e. The van der Waals surface area contributed by atoms with E-state index < -0.39 is 0 Å². The summed E-state index contributed by atoms with van der Waals surface area (Å²) in [7, 11) is 3.38. The molecule has 1 unspecified atom stereocenters. The first-order valence-corrected chi connectivity index (χ1v) is 5.88. The Hall–Kier alpha value is -1.75. The highest BCUT2D eigenvalue weighted by Crippen LogP contribution is 2.23. The van der Waals surface area contributed by atoms with Crippen molar-refractivity contribution in [2.75, 3.05) is 27.2 Å². The zero-order valence-corrected chi connectivity index (χ0v) is 11.0. The van der Waals surface area contributed by atoms with E-state index in [1.165, 1.54) is 13.2 Å². The molecule has 5 heteroatoms. The summed E-state index contributed by atoms with van der Waals surface area (Å²) in [5.74, 6) is 0.498. The predicted octanol–water partition coefficient (Wildman–Crippen LogP) is 0.986. The van der Waals surface area contributed by atoms with Crippen molar-refractivity contribution in [1.82, 2.24) is 10.6 Å². The Kier molecular flexibility index (Phi) is 5.45. The van der Waals surface area contributed by atoms with Crippen LogP contribution in [0.5, 0.6) is 11.5 Å². The van der Waals surface area contributed by atoms with E-state index in [2.05, 4.69) is 10.6 Å². The summed E-state index contributed by atoms with van der Waals surface area (Å²) >= 11 is 0. The van der Waals surface area contributed by atoms with Crippen LogP contribution in [0.2, 0.25) is 0 Å². The van der Waals surface area contributed by atoms with Crippen LogP contribution >= 0.6 is 0 Å². The second-order valence-electron chi connectivity index (χ2n) is 4.26. The Morgan fingerprint density at radius 3 is 2.72 bits per heavy atom. The lowest BCUT2D eigenvalue weighted by molar-refractivity contribution is 0.0945. The molecule has 100 valence electrons. The summed E-state index contributed by atoms with van der Waals surface area (Å²) < 4.78 is 4.96. The summed E-state index contributed by atoms with van der Waals surface area (Å²) in [6.45, 7) is 3.42. The fourth-order valence-corrected chi connectivity index (χ4v) is 1.61. The molecular weight excluding hydrogens is 232 g/mol. The van der Waals surface area contributed by atoms with Gasteiger partial charge in [-0.1, -0.05) is 6.92 Å². The van der Waals surface area contributed by atoms with Gasteiger partial charge in [-0.25, -0.2) is 0 Å². The lowest BCUT2D eigenvalue weighted by atomic mass is 10.1. The molecule has 3 N–H and O–H groups in total. The first-order chi connectivity index (χ1) is 8.58. The Balaban J connectivity index is 2.61. The van der Waals surface area contributed by atoms with Crippen molar-refractivity contribution in [2.45, 2.75) is 6.92 Å². The van der Waals surface area contributed by atoms with Crippen molar-refractivity contribution in [3.63, 3.8) is 0 Å². The van der Waals surface area contributed by atoms with Crippen LogP contribution in [-0.4, -0.2) is 38.3 Å². The number of rotatable bonds is 6. The molecule has 0 aromatic heterocycles. The normalized spacial score (nSPS) is 11.9. The van der Waals surface area contributed by atoms with Gasteiger partial charge < -0.3 is 20.5 Å². The molecule has 0 heterocycles. The van der Waals surface area contributed by atoms with Gasteiger partial charge >= 0.3 is 0 Å². The van der Waals surface area contributed by atoms with E-state index >= 15 is 0 Å². The summed E-state index contributed by atoms with van der Waals surface area (Å²) in [5.41, 5.74) is 0.257. The van der Waals surface area contributed by atoms with E-state index in [9.17, 15) is 9.90 Å². The van der Waals surface area contributed by atoms with Crippen LogP contribution in [0.3, 0.4) is 0 Å². The molecule has 0 saturated heterocycles. The van der Waals surface area contributed by atoms with Crippen LogP contribution in [0, 0.1) is 5.92 Å². The van der Waals surface area contributed by atoms with Crippen LogP contribution in [0.15, 0.2) is 18.2 Å². The molecule has 0 aliphatic rings. The highest BCUT2D eigenvalue weighted by atomic mass is 16.5. The average Bonchev–Trinajstić information content (AvgIpc) is 2.36. The van der Waals surface area contributed by atoms with Crippen molar-refractivity contribution in [3.8, 4) is 11.5 Å². The van der Waals surface area contributed by atoms with Crippen LogP contribution in [0.25, 0.3) is 0 Å². The molecule has 18 heavy (non-hydrogen) atoms. The number of hydrogen-bond donors (Lipinski definition) is 3. The van der Waals surface area contributed by atoms with Gasteiger partial charge in [0.25, 0.3) is 5.91 Å². The van der Waals surface area contributed by atoms with Crippen molar-refractivity contribution in [3.05, 3.63) is 23.8 Å². The number of methoxy groups -OCH3 is 1. The molecule has 0 spiro atoms. The van der Waals surface area contributed by atoms with Gasteiger partial charge in [0, 0.05) is 12.6 Å². The quantitative estimate of drug-likeness (QED) is 0.706. The number of nitrogens with one attached hydrogen (secondary N) is 2. The van der Waals surface area contributed by atoms with Crippen LogP contribution in [0.1, 0.15) is 17.3 Å². The third kappa shape index (κ3) is 3.92. The molecule has 0 bridgehead atoms. The fourth-order valence-electron chi connectivity index (χ4n) is 1.61. The molecule has 0 aliphatic heterocycles. The molecule has 0 fully saturated rings. The molecular formula is C13H20N2O3. The standard InChI is InChI=1S/C13H20N2O3/c1-9(7-14-2)8-15-13(17)11-5-4-10(18-3)6-12(11)16/h4-6,9,14,16H,7-8H2,1-3H3,(H,15,17). The van der Waals surface area contributed by atoms with E-state index in [4.69, 9.17) is 4.74 Å². The third-order valence-corrected chi connectivity index (χ3v) is 2.61. The molecule has 5 nitrogen and oxygen atoms in total. The lowest BCUT2D eigenvalue weighted by Crippen LogP contribution is -2.32. The van der Waals surface area contributed by atoms with E-state index in [-0.39, 0.29) is 17.2 Å². The lowest BCUT2D eigenvalue weighted by Gasteiger charge is -2.12. The molecule has 1 aromatic carbocycles. The first-order valence-electron chi connectivity index (χ1n) is 5.88. The molecule has 1 aromatic rings. The molecule has 0 aliphatic carbocycles. The van der Waals surface area contributed by atoms with Gasteiger partial charge in [-0.2, -0.15) is 0 Å². The maximum absolute atomic E-state index is 11.8. The smallest absolute Gasteiger partial charge is 0.255 e. The van der Waals surface area contributed by atoms with E-state index in [0.29, 0.717) is 18.2 Å². The minimum Gasteiger partial charge on any atom is -0.507 e. The van der Waals surface area contributed by atoms with Crippen molar-refractivity contribution < 1.29 is 14.6 Å². The second kappa shape index (κ2) is 6.86. The van der Waals surface area contributed by atoms with E-state index in [1.807, 2.05) is 14.0 Å². The number of carbonyl (C=O) groups excluding carboxylic acids is 1. The van der Waals surface area contributed by atoms with Crippen LogP contribution in [0.4, 0.5) is 0 Å². The Morgan fingerprint density at radius 1 is 1.44 bits per heavy atom. The van der Waals surface area contributed by atoms with Gasteiger partial charge in [-0.05, 0) is 31.6 Å². The third-order valence-electron chi connectivity index (χ3n) is 2.61. The number of ether oxygens (including phenoxy) is 1. The van der Waals surface area contributed by atoms with Gasteiger partial charge in [0.05, 0.1) is 12.7 Å². The zero-order chi connectivity index (χ0) is 13.5. The molecule has 0 saturated carbocycles. The van der Waals surface area contributed by atoms with Crippen molar-refractivity contribution in [2.24, 2.45) is 5.92 Å². The number of aromatic hydroxyl groups is 1. The topological polar surface area (TPSA) is 70.6 Å². The molecule has 1 rings (SSSR count). The largest absolute Gasteiger partial charge is 0.507 e. The summed E-state index contributed by atoms with van der Waals surface area (Å²) in [4.78, 5) is 11.8. The van der Waals surface area contributed by atoms with Gasteiger partial charge in [-0.3, -0.25) is 4.79 Å². The number of amides is 1. The van der Waals surface area contributed by atoms with Gasteiger partial charge in [0.15, 0.2) is 0 Å². The van der Waals surface area contributed by atoms with Crippen molar-refractivity contribution in [1.29, 1.82) is 0 Å². The van der Waals surface area contributed by atoms with Gasteiger partial charge in [0.2, 0.25) is 0 Å². The Morgan fingerprint density at radius 2 is 2.17 bits per heavy atom. The van der Waals surface area contributed by atoms with Crippen molar-refractivity contribution >= 4 is 5.91 Å². The number of carbonyl (C=O) groups is 1. The number of phenols is 1. The Bertz CT molecular complexity index is 407. The maximum atomic E-state index is 11.8. The van der Waals surface area contributed by atoms with Crippen LogP contribution < -0.4 is 15.4 Å². The summed E-state index contributed by atoms with van der Waals surface area (Å²) in [5, 5.41) is 15.5. The predicted molar refractivity (Wildman–Crippen MR) is 70.1 cm³/mol. The highest BCUT2D eigenvalue weighted by Gasteiger charge is 2.12. The second-order valence-corrected chi connectivity index (χ2v) is 4.26. The number of benzene rings is 1.